The molecular formula is C18H17ClN4OS. The number of anilines is 1. The van der Waals surface area contributed by atoms with Gasteiger partial charge in [-0.1, -0.05) is 41.1 Å². The summed E-state index contributed by atoms with van der Waals surface area (Å²) in [4.78, 5) is 12.2. The maximum absolute atomic E-state index is 12.2. The number of carbonyl (C=O) groups is 1. The second kappa shape index (κ2) is 7.72. The second-order valence-corrected chi connectivity index (χ2v) is 6.99. The maximum atomic E-state index is 12.2. The zero-order valence-electron chi connectivity index (χ0n) is 13.9. The Morgan fingerprint density at radius 3 is 2.68 bits per heavy atom. The molecule has 0 saturated heterocycles. The zero-order valence-corrected chi connectivity index (χ0v) is 15.4. The lowest BCUT2D eigenvalue weighted by atomic mass is 10.2. The van der Waals surface area contributed by atoms with Crippen molar-refractivity contribution in [3.05, 3.63) is 64.9 Å². The predicted octanol–water partition coefficient (Wildman–Crippen LogP) is 4.27. The van der Waals surface area contributed by atoms with Gasteiger partial charge in [0.25, 0.3) is 0 Å². The molecule has 1 N–H and O–H groups in total. The third-order valence-corrected chi connectivity index (χ3v) is 4.80. The highest BCUT2D eigenvalue weighted by Gasteiger charge is 2.11. The van der Waals surface area contributed by atoms with Gasteiger partial charge < -0.3 is 5.32 Å². The summed E-state index contributed by atoms with van der Waals surface area (Å²) in [6.07, 6.45) is 1.65. The molecule has 1 amide bonds. The van der Waals surface area contributed by atoms with Crippen molar-refractivity contribution in [2.75, 3.05) is 11.1 Å². The van der Waals surface area contributed by atoms with Crippen LogP contribution in [0.3, 0.4) is 0 Å². The quantitative estimate of drug-likeness (QED) is 0.679. The van der Waals surface area contributed by atoms with Crippen LogP contribution in [0.15, 0.2) is 53.9 Å². The number of amides is 1. The molecule has 0 aliphatic rings. The Labute approximate surface area is 155 Å². The molecule has 0 atom stereocenters. The van der Waals surface area contributed by atoms with Crippen molar-refractivity contribution in [2.45, 2.75) is 19.0 Å². The fourth-order valence-corrected chi connectivity index (χ4v) is 3.24. The van der Waals surface area contributed by atoms with Crippen molar-refractivity contribution < 1.29 is 4.79 Å². The van der Waals surface area contributed by atoms with Gasteiger partial charge >= 0.3 is 0 Å². The van der Waals surface area contributed by atoms with Gasteiger partial charge in [0.1, 0.15) is 6.33 Å². The number of hydrogen-bond donors (Lipinski definition) is 1. The molecule has 0 aliphatic carbocycles. The minimum atomic E-state index is -0.103. The van der Waals surface area contributed by atoms with Crippen molar-refractivity contribution in [1.29, 1.82) is 0 Å². The van der Waals surface area contributed by atoms with E-state index in [1.807, 2.05) is 48.7 Å². The Bertz CT molecular complexity index is 892. The van der Waals surface area contributed by atoms with Crippen molar-refractivity contribution >= 4 is 35.0 Å². The van der Waals surface area contributed by atoms with Gasteiger partial charge in [0, 0.05) is 16.4 Å². The summed E-state index contributed by atoms with van der Waals surface area (Å²) in [5.41, 5.74) is 3.83. The molecule has 0 spiro atoms. The number of hydrogen-bond acceptors (Lipinski definition) is 4. The molecule has 0 radical (unpaired) electrons. The number of aromatic nitrogens is 3. The van der Waals surface area contributed by atoms with Crippen LogP contribution in [-0.2, 0) is 4.79 Å². The normalized spacial score (nSPS) is 10.7. The molecular weight excluding hydrogens is 356 g/mol. The minimum Gasteiger partial charge on any atom is -0.325 e. The maximum Gasteiger partial charge on any atom is 0.234 e. The average molecular weight is 373 g/mol. The number of nitrogens with zero attached hydrogens (tertiary/aromatic N) is 3. The predicted molar refractivity (Wildman–Crippen MR) is 102 cm³/mol. The third kappa shape index (κ3) is 4.41. The van der Waals surface area contributed by atoms with Gasteiger partial charge in [0.05, 0.1) is 5.75 Å². The summed E-state index contributed by atoms with van der Waals surface area (Å²) >= 11 is 7.27. The lowest BCUT2D eigenvalue weighted by molar-refractivity contribution is -0.113. The van der Waals surface area contributed by atoms with E-state index in [1.165, 1.54) is 17.3 Å². The van der Waals surface area contributed by atoms with E-state index in [0.29, 0.717) is 10.2 Å². The molecule has 3 aromatic rings. The van der Waals surface area contributed by atoms with Gasteiger partial charge in [0.2, 0.25) is 5.91 Å². The molecule has 0 bridgehead atoms. The van der Waals surface area contributed by atoms with E-state index in [4.69, 9.17) is 11.6 Å². The summed E-state index contributed by atoms with van der Waals surface area (Å²) < 4.78 is 1.87. The molecule has 0 unspecified atom stereocenters. The molecule has 1 heterocycles. The Morgan fingerprint density at radius 2 is 1.96 bits per heavy atom. The van der Waals surface area contributed by atoms with Crippen LogP contribution in [0.25, 0.3) is 5.69 Å². The lowest BCUT2D eigenvalue weighted by Gasteiger charge is -2.09. The number of nitrogens with one attached hydrogen (secondary N) is 1. The molecule has 1 aromatic heterocycles. The summed E-state index contributed by atoms with van der Waals surface area (Å²) in [6.45, 7) is 3.94. The first-order valence-corrected chi connectivity index (χ1v) is 9.05. The molecule has 0 aliphatic heterocycles. The molecule has 128 valence electrons. The van der Waals surface area contributed by atoms with Crippen molar-refractivity contribution in [3.8, 4) is 5.69 Å². The van der Waals surface area contributed by atoms with Gasteiger partial charge in [-0.05, 0) is 49.7 Å². The Balaban J connectivity index is 1.65. The molecule has 5 nitrogen and oxygen atoms in total. The van der Waals surface area contributed by atoms with Crippen molar-refractivity contribution in [3.63, 3.8) is 0 Å². The van der Waals surface area contributed by atoms with E-state index in [0.717, 1.165) is 16.9 Å². The lowest BCUT2D eigenvalue weighted by Crippen LogP contribution is -2.15. The Morgan fingerprint density at radius 1 is 1.20 bits per heavy atom. The molecule has 7 heteroatoms. The van der Waals surface area contributed by atoms with E-state index in [9.17, 15) is 4.79 Å². The summed E-state index contributed by atoms with van der Waals surface area (Å²) in [6, 6.07) is 13.4. The fourth-order valence-electron chi connectivity index (χ4n) is 2.29. The van der Waals surface area contributed by atoms with Crippen LogP contribution in [0, 0.1) is 13.8 Å². The Kier molecular flexibility index (Phi) is 5.40. The van der Waals surface area contributed by atoms with Gasteiger partial charge in [-0.25, -0.2) is 0 Å². The van der Waals surface area contributed by atoms with Crippen LogP contribution in [0.1, 0.15) is 11.1 Å². The van der Waals surface area contributed by atoms with Crippen molar-refractivity contribution in [1.82, 2.24) is 14.8 Å². The number of carbonyl (C=O) groups excluding carboxylic acids is 1. The summed E-state index contributed by atoms with van der Waals surface area (Å²) in [7, 11) is 0. The monoisotopic (exact) mass is 372 g/mol. The number of halogens is 1. The van der Waals surface area contributed by atoms with Crippen LogP contribution in [0.5, 0.6) is 0 Å². The van der Waals surface area contributed by atoms with Gasteiger partial charge in [-0.15, -0.1) is 10.2 Å². The van der Waals surface area contributed by atoms with Crippen molar-refractivity contribution in [2.24, 2.45) is 0 Å². The van der Waals surface area contributed by atoms with Crippen LogP contribution in [-0.4, -0.2) is 26.4 Å². The highest BCUT2D eigenvalue weighted by molar-refractivity contribution is 7.99. The third-order valence-electron chi connectivity index (χ3n) is 3.62. The summed E-state index contributed by atoms with van der Waals surface area (Å²) in [5, 5.41) is 12.3. The van der Waals surface area contributed by atoms with Gasteiger partial charge in [0.15, 0.2) is 5.16 Å². The highest BCUT2D eigenvalue weighted by atomic mass is 35.5. The summed E-state index contributed by atoms with van der Waals surface area (Å²) in [5.74, 6) is 0.140. The van der Waals surface area contributed by atoms with Gasteiger partial charge in [-0.3, -0.25) is 9.36 Å². The van der Waals surface area contributed by atoms with E-state index >= 15 is 0 Å². The molecule has 3 rings (SSSR count). The number of thioether (sulfide) groups is 1. The van der Waals surface area contributed by atoms with Crippen LogP contribution in [0.2, 0.25) is 5.02 Å². The molecule has 2 aromatic carbocycles. The number of benzene rings is 2. The smallest absolute Gasteiger partial charge is 0.234 e. The standard InChI is InChI=1S/C18H17ClN4OS/c1-12-3-6-15(7-4-12)23-11-20-22-18(23)25-10-17(24)21-16-8-5-14(19)9-13(16)2/h3-9,11H,10H2,1-2H3,(H,21,24). The van der Waals surface area contributed by atoms with Crippen LogP contribution >= 0.6 is 23.4 Å². The molecule has 0 saturated carbocycles. The second-order valence-electron chi connectivity index (χ2n) is 5.62. The Hall–Kier alpha value is -2.31. The average Bonchev–Trinajstić information content (AvgIpc) is 3.05. The van der Waals surface area contributed by atoms with Crippen LogP contribution in [0.4, 0.5) is 5.69 Å². The number of rotatable bonds is 5. The van der Waals surface area contributed by atoms with E-state index < -0.39 is 0 Å². The highest BCUT2D eigenvalue weighted by Crippen LogP contribution is 2.22. The largest absolute Gasteiger partial charge is 0.325 e. The van der Waals surface area contributed by atoms with E-state index in [-0.39, 0.29) is 11.7 Å². The minimum absolute atomic E-state index is 0.103. The van der Waals surface area contributed by atoms with Gasteiger partial charge in [-0.2, -0.15) is 0 Å². The first-order valence-electron chi connectivity index (χ1n) is 7.69. The van der Waals surface area contributed by atoms with E-state index in [2.05, 4.69) is 15.5 Å². The fraction of sp³-hybridized carbons (Fsp3) is 0.167. The van der Waals surface area contributed by atoms with E-state index in [1.54, 1.807) is 18.5 Å². The number of aryl methyl sites for hydroxylation is 2. The topological polar surface area (TPSA) is 59.8 Å². The van der Waals surface area contributed by atoms with Crippen LogP contribution < -0.4 is 5.32 Å². The molecule has 25 heavy (non-hydrogen) atoms. The molecule has 0 fully saturated rings. The first kappa shape index (κ1) is 17.5. The SMILES string of the molecule is Cc1ccc(-n2cnnc2SCC(=O)Nc2ccc(Cl)cc2C)cc1. The first-order chi connectivity index (χ1) is 12.0. The zero-order chi connectivity index (χ0) is 17.8.